The molecule has 0 N–H and O–H groups in total. The highest BCUT2D eigenvalue weighted by atomic mass is 32.2. The van der Waals surface area contributed by atoms with E-state index in [-0.39, 0.29) is 17.5 Å². The van der Waals surface area contributed by atoms with Crippen molar-refractivity contribution in [1.29, 1.82) is 0 Å². The van der Waals surface area contributed by atoms with Gasteiger partial charge in [-0.25, -0.2) is 4.98 Å². The predicted octanol–water partition coefficient (Wildman–Crippen LogP) is 4.29. The molecule has 0 aliphatic rings. The third kappa shape index (κ3) is 3.97. The average Bonchev–Trinajstić information content (AvgIpc) is 2.71. The number of nitrogens with zero attached hydrogens (tertiary/aromatic N) is 3. The van der Waals surface area contributed by atoms with Gasteiger partial charge in [-0.05, 0) is 31.0 Å². The number of thioether (sulfide) groups is 1. The van der Waals surface area contributed by atoms with Crippen LogP contribution in [0.2, 0.25) is 0 Å². The Morgan fingerprint density at radius 3 is 2.39 bits per heavy atom. The second-order valence-corrected chi connectivity index (χ2v) is 8.06. The third-order valence-electron chi connectivity index (χ3n) is 4.80. The number of carbonyl (C=O) groups is 1. The summed E-state index contributed by atoms with van der Waals surface area (Å²) >= 11 is 1.34. The molecule has 2 aromatic carbocycles. The summed E-state index contributed by atoms with van der Waals surface area (Å²) in [5.74, 6) is -0.0330. The normalized spacial score (nSPS) is 13.3. The Bertz CT molecular complexity index is 1030. The minimum Gasteiger partial charge on any atom is -0.348 e. The highest BCUT2D eigenvalue weighted by molar-refractivity contribution is 8.00. The molecule has 1 amide bonds. The van der Waals surface area contributed by atoms with E-state index in [4.69, 9.17) is 4.98 Å². The first kappa shape index (κ1) is 20.1. The molecule has 0 radical (unpaired) electrons. The molecular weight excluding hydrogens is 370 g/mol. The summed E-state index contributed by atoms with van der Waals surface area (Å²) < 4.78 is 1.73. The molecule has 0 saturated heterocycles. The van der Waals surface area contributed by atoms with E-state index < -0.39 is 5.25 Å². The topological polar surface area (TPSA) is 55.2 Å². The molecule has 2 atom stereocenters. The number of amides is 1. The van der Waals surface area contributed by atoms with Crippen molar-refractivity contribution in [2.75, 3.05) is 14.1 Å². The van der Waals surface area contributed by atoms with Crippen molar-refractivity contribution in [2.45, 2.75) is 36.7 Å². The second-order valence-electron chi connectivity index (χ2n) is 6.99. The second kappa shape index (κ2) is 8.61. The Morgan fingerprint density at radius 2 is 1.75 bits per heavy atom. The largest absolute Gasteiger partial charge is 0.348 e. The van der Waals surface area contributed by atoms with Crippen LogP contribution in [0.25, 0.3) is 10.9 Å². The first-order valence-corrected chi connectivity index (χ1v) is 10.3. The number of carbonyl (C=O) groups excluding carboxylic acids is 1. The fourth-order valence-corrected chi connectivity index (χ4v) is 4.35. The molecule has 0 aliphatic carbocycles. The molecule has 0 bridgehead atoms. The minimum atomic E-state index is -0.473. The predicted molar refractivity (Wildman–Crippen MR) is 115 cm³/mol. The van der Waals surface area contributed by atoms with Gasteiger partial charge in [0.25, 0.3) is 5.56 Å². The van der Waals surface area contributed by atoms with Gasteiger partial charge in [-0.2, -0.15) is 0 Å². The molecule has 0 fully saturated rings. The van der Waals surface area contributed by atoms with Gasteiger partial charge >= 0.3 is 0 Å². The fourth-order valence-electron chi connectivity index (χ4n) is 3.01. The van der Waals surface area contributed by atoms with Crippen LogP contribution in [0.15, 0.2) is 64.5 Å². The first-order valence-electron chi connectivity index (χ1n) is 9.38. The van der Waals surface area contributed by atoms with Crippen LogP contribution >= 0.6 is 11.8 Å². The number of likely N-dealkylation sites (N-methyl/N-ethyl adjacent to an activating group) is 1. The molecule has 5 nitrogen and oxygen atoms in total. The maximum absolute atomic E-state index is 13.2. The Balaban J connectivity index is 2.17. The van der Waals surface area contributed by atoms with Gasteiger partial charge in [0.1, 0.15) is 5.25 Å². The van der Waals surface area contributed by atoms with E-state index in [2.05, 4.69) is 0 Å². The summed E-state index contributed by atoms with van der Waals surface area (Å²) in [6.07, 6.45) is 0.797. The van der Waals surface area contributed by atoms with Gasteiger partial charge in [0.05, 0.1) is 10.9 Å². The zero-order valence-corrected chi connectivity index (χ0v) is 17.4. The summed E-state index contributed by atoms with van der Waals surface area (Å²) in [7, 11) is 3.49. The van der Waals surface area contributed by atoms with Gasteiger partial charge in [0.15, 0.2) is 5.16 Å². The maximum Gasteiger partial charge on any atom is 0.262 e. The summed E-state index contributed by atoms with van der Waals surface area (Å²) in [6.45, 7) is 4.05. The molecule has 3 rings (SSSR count). The van der Waals surface area contributed by atoms with Crippen molar-refractivity contribution in [2.24, 2.45) is 0 Å². The van der Waals surface area contributed by atoms with Gasteiger partial charge in [0, 0.05) is 20.1 Å². The lowest BCUT2D eigenvalue weighted by Gasteiger charge is -2.23. The molecule has 3 aromatic rings. The molecule has 0 saturated carbocycles. The molecule has 0 spiro atoms. The number of fused-ring (bicyclic) bond motifs is 1. The maximum atomic E-state index is 13.2. The zero-order valence-electron chi connectivity index (χ0n) is 16.6. The lowest BCUT2D eigenvalue weighted by Crippen LogP contribution is -2.29. The lowest BCUT2D eigenvalue weighted by molar-refractivity contribution is -0.128. The van der Waals surface area contributed by atoms with Crippen LogP contribution in [-0.2, 0) is 4.79 Å². The van der Waals surface area contributed by atoms with Gasteiger partial charge in [-0.15, -0.1) is 0 Å². The van der Waals surface area contributed by atoms with Crippen molar-refractivity contribution in [3.63, 3.8) is 0 Å². The number of hydrogen-bond acceptors (Lipinski definition) is 4. The SMILES string of the molecule is CC[C@@H](C)n1c(S[C@@H](C(=O)N(C)C)c2ccccc2)nc2ccccc2c1=O. The van der Waals surface area contributed by atoms with E-state index in [0.717, 1.165) is 12.0 Å². The van der Waals surface area contributed by atoms with Crippen LogP contribution in [0.5, 0.6) is 0 Å². The van der Waals surface area contributed by atoms with Crippen molar-refractivity contribution in [3.05, 3.63) is 70.5 Å². The van der Waals surface area contributed by atoms with Crippen LogP contribution in [0.3, 0.4) is 0 Å². The van der Waals surface area contributed by atoms with E-state index >= 15 is 0 Å². The molecule has 28 heavy (non-hydrogen) atoms. The molecule has 1 aromatic heterocycles. The summed E-state index contributed by atoms with van der Waals surface area (Å²) in [4.78, 5) is 32.5. The average molecular weight is 396 g/mol. The molecule has 146 valence electrons. The van der Waals surface area contributed by atoms with Crippen LogP contribution in [0.4, 0.5) is 0 Å². The molecule has 0 aliphatic heterocycles. The Kier molecular flexibility index (Phi) is 6.19. The van der Waals surface area contributed by atoms with E-state index in [1.54, 1.807) is 29.6 Å². The van der Waals surface area contributed by atoms with Crippen LogP contribution in [0.1, 0.15) is 37.1 Å². The highest BCUT2D eigenvalue weighted by Gasteiger charge is 2.27. The smallest absolute Gasteiger partial charge is 0.262 e. The van der Waals surface area contributed by atoms with Crippen molar-refractivity contribution in [3.8, 4) is 0 Å². The van der Waals surface area contributed by atoms with Crippen molar-refractivity contribution >= 4 is 28.6 Å². The Hall–Kier alpha value is -2.60. The van der Waals surface area contributed by atoms with E-state index in [9.17, 15) is 9.59 Å². The first-order chi connectivity index (χ1) is 13.4. The van der Waals surface area contributed by atoms with Crippen LogP contribution in [0, 0.1) is 0 Å². The summed E-state index contributed by atoms with van der Waals surface area (Å²) in [5.41, 5.74) is 1.48. The highest BCUT2D eigenvalue weighted by Crippen LogP contribution is 2.36. The Morgan fingerprint density at radius 1 is 1.11 bits per heavy atom. The van der Waals surface area contributed by atoms with Gasteiger partial charge < -0.3 is 4.90 Å². The molecule has 6 heteroatoms. The van der Waals surface area contributed by atoms with Crippen molar-refractivity contribution < 1.29 is 4.79 Å². The minimum absolute atomic E-state index is 0.0158. The lowest BCUT2D eigenvalue weighted by atomic mass is 10.1. The number of hydrogen-bond donors (Lipinski definition) is 0. The van der Waals surface area contributed by atoms with Gasteiger partial charge in [0.2, 0.25) is 5.91 Å². The van der Waals surface area contributed by atoms with E-state index in [0.29, 0.717) is 16.1 Å². The third-order valence-corrected chi connectivity index (χ3v) is 6.01. The van der Waals surface area contributed by atoms with Gasteiger partial charge in [-0.1, -0.05) is 61.2 Å². The number of benzene rings is 2. The molecule has 0 unspecified atom stereocenters. The van der Waals surface area contributed by atoms with Crippen molar-refractivity contribution in [1.82, 2.24) is 14.5 Å². The summed E-state index contributed by atoms with van der Waals surface area (Å²) in [5, 5.41) is 0.698. The van der Waals surface area contributed by atoms with E-state index in [1.807, 2.05) is 62.4 Å². The van der Waals surface area contributed by atoms with E-state index in [1.165, 1.54) is 11.8 Å². The van der Waals surface area contributed by atoms with Crippen LogP contribution < -0.4 is 5.56 Å². The fraction of sp³-hybridized carbons (Fsp3) is 0.318. The molecule has 1 heterocycles. The monoisotopic (exact) mass is 395 g/mol. The number of para-hydroxylation sites is 1. The van der Waals surface area contributed by atoms with Gasteiger partial charge in [-0.3, -0.25) is 14.2 Å². The summed E-state index contributed by atoms with van der Waals surface area (Å²) in [6, 6.07) is 17.0. The number of rotatable bonds is 6. The Labute approximate surface area is 169 Å². The molecular formula is C22H25N3O2S. The quantitative estimate of drug-likeness (QED) is 0.461. The number of aromatic nitrogens is 2. The van der Waals surface area contributed by atoms with Crippen LogP contribution in [-0.4, -0.2) is 34.5 Å². The standard InChI is InChI=1S/C22H25N3O2S/c1-5-15(2)25-20(26)17-13-9-10-14-18(17)23-22(25)28-19(21(27)24(3)4)16-11-7-6-8-12-16/h6-15,19H,5H2,1-4H3/t15-,19-/m1/s1. The zero-order chi connectivity index (χ0) is 20.3.